The minimum absolute atomic E-state index is 0.204. The van der Waals surface area contributed by atoms with Crippen molar-refractivity contribution in [1.82, 2.24) is 14.3 Å². The van der Waals surface area contributed by atoms with Crippen LogP contribution in [-0.2, 0) is 11.3 Å². The number of hydrogen-bond donors (Lipinski definition) is 1. The van der Waals surface area contributed by atoms with E-state index < -0.39 is 0 Å². The van der Waals surface area contributed by atoms with Crippen molar-refractivity contribution in [2.45, 2.75) is 38.4 Å². The van der Waals surface area contributed by atoms with Gasteiger partial charge in [0.25, 0.3) is 0 Å². The van der Waals surface area contributed by atoms with E-state index in [-0.39, 0.29) is 23.2 Å². The molecule has 2 aromatic rings. The molecular formula is C19H22ClFN4O. The van der Waals surface area contributed by atoms with Gasteiger partial charge in [-0.1, -0.05) is 0 Å². The van der Waals surface area contributed by atoms with Gasteiger partial charge in [-0.25, -0.2) is 8.81 Å². The summed E-state index contributed by atoms with van der Waals surface area (Å²) in [6.45, 7) is 4.21. The Morgan fingerprint density at radius 2 is 2.19 bits per heavy atom. The zero-order valence-corrected chi connectivity index (χ0v) is 15.4. The second kappa shape index (κ2) is 6.44. The molecule has 1 aliphatic carbocycles. The normalized spacial score (nSPS) is 20.9. The lowest BCUT2D eigenvalue weighted by atomic mass is 9.60. The second-order valence-corrected chi connectivity index (χ2v) is 8.17. The van der Waals surface area contributed by atoms with Gasteiger partial charge in [-0.05, 0) is 66.8 Å². The minimum Gasteiger partial charge on any atom is -0.368 e. The first-order valence-electron chi connectivity index (χ1n) is 8.86. The summed E-state index contributed by atoms with van der Waals surface area (Å²) < 4.78 is 15.4. The van der Waals surface area contributed by atoms with Crippen molar-refractivity contribution in [3.05, 3.63) is 41.8 Å². The Bertz CT molecular complexity index is 847. The molecule has 2 fully saturated rings. The van der Waals surface area contributed by atoms with E-state index in [2.05, 4.69) is 9.88 Å². The molecule has 1 unspecified atom stereocenters. The number of primary amides is 1. The fourth-order valence-electron chi connectivity index (χ4n) is 4.27. The average molecular weight is 377 g/mol. The first-order chi connectivity index (χ1) is 12.4. The summed E-state index contributed by atoms with van der Waals surface area (Å²) >= 11 is 6.55. The Balaban J connectivity index is 1.37. The highest BCUT2D eigenvalue weighted by Crippen LogP contribution is 2.51. The molecule has 1 spiro atoms. The van der Waals surface area contributed by atoms with Crippen LogP contribution in [0.25, 0.3) is 10.9 Å². The Kier molecular flexibility index (Phi) is 4.37. The number of nitrogens with two attached hydrogens (primary N) is 1. The highest BCUT2D eigenvalue weighted by molar-refractivity contribution is 6.13. The van der Waals surface area contributed by atoms with Crippen LogP contribution in [0.1, 0.15) is 25.3 Å². The molecule has 0 radical (unpaired) electrons. The maximum Gasteiger partial charge on any atom is 0.234 e. The number of pyridine rings is 1. The van der Waals surface area contributed by atoms with Crippen molar-refractivity contribution in [2.24, 2.45) is 11.1 Å². The number of hydrogen-bond acceptors (Lipinski definition) is 4. The maximum atomic E-state index is 13.6. The first-order valence-corrected chi connectivity index (χ1v) is 9.20. The van der Waals surface area contributed by atoms with Crippen LogP contribution < -0.4 is 5.73 Å². The Hall–Kier alpha value is -1.76. The highest BCUT2D eigenvalue weighted by Gasteiger charge is 2.54. The number of carbonyl (C=O) groups is 1. The smallest absolute Gasteiger partial charge is 0.234 e. The third-order valence-corrected chi connectivity index (χ3v) is 6.28. The lowest BCUT2D eigenvalue weighted by molar-refractivity contribution is -0.139. The molecular weight excluding hydrogens is 355 g/mol. The second-order valence-electron chi connectivity index (χ2n) is 7.73. The lowest BCUT2D eigenvalue weighted by Gasteiger charge is -2.61. The molecule has 4 rings (SSSR count). The van der Waals surface area contributed by atoms with Gasteiger partial charge in [-0.2, -0.15) is 0 Å². The van der Waals surface area contributed by atoms with E-state index in [1.807, 2.05) is 17.4 Å². The van der Waals surface area contributed by atoms with Gasteiger partial charge in [0.1, 0.15) is 5.82 Å². The number of likely N-dealkylation sites (tertiary alicyclic amines) is 1. The molecule has 1 aromatic carbocycles. The van der Waals surface area contributed by atoms with Crippen molar-refractivity contribution in [3.63, 3.8) is 0 Å². The molecule has 0 bridgehead atoms. The average Bonchev–Trinajstić information content (AvgIpc) is 2.52. The molecule has 1 aliphatic heterocycles. The van der Waals surface area contributed by atoms with Crippen LogP contribution >= 0.6 is 11.8 Å². The van der Waals surface area contributed by atoms with Gasteiger partial charge < -0.3 is 5.73 Å². The fraction of sp³-hybridized carbons (Fsp3) is 0.474. The number of carbonyl (C=O) groups excluding carboxylic acids is 1. The van der Waals surface area contributed by atoms with Gasteiger partial charge in [0.05, 0.1) is 11.6 Å². The topological polar surface area (TPSA) is 62.5 Å². The highest BCUT2D eigenvalue weighted by atomic mass is 35.5. The monoisotopic (exact) mass is 376 g/mol. The summed E-state index contributed by atoms with van der Waals surface area (Å²) in [6.07, 6.45) is 3.75. The van der Waals surface area contributed by atoms with Crippen LogP contribution in [0.4, 0.5) is 4.39 Å². The van der Waals surface area contributed by atoms with E-state index in [0.717, 1.165) is 42.4 Å². The summed E-state index contributed by atoms with van der Waals surface area (Å²) in [5.74, 6) is -0.542. The standard InChI is InChI=1S/C19H22ClFN4O/c1-12(18(22)26)24-10-19(11-24)7-15(8-19)25(20)9-13-4-5-23-17-3-2-14(21)6-16(13)17/h2-6,12,15H,7-11H2,1H3,(H2,22,26). The molecule has 2 aliphatic rings. The zero-order chi connectivity index (χ0) is 18.5. The van der Waals surface area contributed by atoms with Gasteiger partial charge in [0.15, 0.2) is 0 Å². The van der Waals surface area contributed by atoms with E-state index in [1.165, 1.54) is 12.1 Å². The molecule has 1 amide bonds. The Labute approximate surface area is 157 Å². The molecule has 26 heavy (non-hydrogen) atoms. The predicted octanol–water partition coefficient (Wildman–Crippen LogP) is 2.67. The molecule has 2 heterocycles. The van der Waals surface area contributed by atoms with Crippen molar-refractivity contribution in [2.75, 3.05) is 13.1 Å². The maximum absolute atomic E-state index is 13.6. The summed E-state index contributed by atoms with van der Waals surface area (Å²) in [7, 11) is 0. The van der Waals surface area contributed by atoms with E-state index in [9.17, 15) is 9.18 Å². The van der Waals surface area contributed by atoms with Crippen molar-refractivity contribution in [1.29, 1.82) is 0 Å². The number of amides is 1. The number of rotatable bonds is 5. The summed E-state index contributed by atoms with van der Waals surface area (Å²) in [5.41, 5.74) is 7.39. The lowest BCUT2D eigenvalue weighted by Crippen LogP contribution is -2.68. The van der Waals surface area contributed by atoms with Crippen LogP contribution in [0.2, 0.25) is 0 Å². The molecule has 1 saturated carbocycles. The number of nitrogens with zero attached hydrogens (tertiary/aromatic N) is 3. The molecule has 1 saturated heterocycles. The van der Waals surface area contributed by atoms with E-state index in [4.69, 9.17) is 17.5 Å². The minimum atomic E-state index is -0.272. The van der Waals surface area contributed by atoms with Crippen LogP contribution in [0.5, 0.6) is 0 Å². The van der Waals surface area contributed by atoms with Gasteiger partial charge in [-0.15, -0.1) is 0 Å². The molecule has 2 N–H and O–H groups in total. The van der Waals surface area contributed by atoms with Crippen LogP contribution in [-0.4, -0.2) is 45.4 Å². The number of aromatic nitrogens is 1. The van der Waals surface area contributed by atoms with Gasteiger partial charge in [0, 0.05) is 37.3 Å². The third kappa shape index (κ3) is 3.06. The third-order valence-electron chi connectivity index (χ3n) is 5.89. The summed E-state index contributed by atoms with van der Waals surface area (Å²) in [4.78, 5) is 17.7. The van der Waals surface area contributed by atoms with E-state index in [1.54, 1.807) is 12.3 Å². The molecule has 138 valence electrons. The van der Waals surface area contributed by atoms with E-state index >= 15 is 0 Å². The Morgan fingerprint density at radius 3 is 2.88 bits per heavy atom. The number of fused-ring (bicyclic) bond motifs is 1. The molecule has 5 nitrogen and oxygen atoms in total. The van der Waals surface area contributed by atoms with E-state index in [0.29, 0.717) is 12.6 Å². The van der Waals surface area contributed by atoms with Crippen LogP contribution in [0.15, 0.2) is 30.5 Å². The predicted molar refractivity (Wildman–Crippen MR) is 98.8 cm³/mol. The zero-order valence-electron chi connectivity index (χ0n) is 14.7. The largest absolute Gasteiger partial charge is 0.368 e. The Morgan fingerprint density at radius 1 is 1.46 bits per heavy atom. The van der Waals surface area contributed by atoms with Gasteiger partial charge >= 0.3 is 0 Å². The number of benzene rings is 1. The quantitative estimate of drug-likeness (QED) is 0.815. The fourth-order valence-corrected chi connectivity index (χ4v) is 4.54. The van der Waals surface area contributed by atoms with Crippen molar-refractivity contribution < 1.29 is 9.18 Å². The van der Waals surface area contributed by atoms with Gasteiger partial charge in [-0.3, -0.25) is 14.7 Å². The SMILES string of the molecule is CC(C(N)=O)N1CC2(CC(N(Cl)Cc3ccnc4ccc(F)cc34)C2)C1. The molecule has 1 atom stereocenters. The van der Waals surface area contributed by atoms with Crippen molar-refractivity contribution >= 4 is 28.6 Å². The first kappa shape index (κ1) is 17.6. The summed E-state index contributed by atoms with van der Waals surface area (Å²) in [5, 5.41) is 0.803. The van der Waals surface area contributed by atoms with Gasteiger partial charge in [0.2, 0.25) is 5.91 Å². The van der Waals surface area contributed by atoms with Crippen LogP contribution in [0.3, 0.4) is 0 Å². The van der Waals surface area contributed by atoms with Crippen molar-refractivity contribution in [3.8, 4) is 0 Å². The molecule has 1 aromatic heterocycles. The summed E-state index contributed by atoms with van der Waals surface area (Å²) in [6, 6.07) is 6.60. The number of halogens is 2. The molecule has 7 heteroatoms. The van der Waals surface area contributed by atoms with Crippen LogP contribution in [0, 0.1) is 11.2 Å².